The van der Waals surface area contributed by atoms with Crippen molar-refractivity contribution >= 4 is 40.5 Å². The molecule has 2 N–H and O–H groups in total. The highest BCUT2D eigenvalue weighted by atomic mass is 35.5. The van der Waals surface area contributed by atoms with Crippen LogP contribution < -0.4 is 15.4 Å². The molecule has 0 unspecified atom stereocenters. The molecule has 0 aliphatic rings. The van der Waals surface area contributed by atoms with Gasteiger partial charge in [-0.2, -0.15) is 0 Å². The number of para-hydroxylation sites is 1. The van der Waals surface area contributed by atoms with Gasteiger partial charge in [-0.3, -0.25) is 10.1 Å². The number of hydrogen-bond donors (Lipinski definition) is 2. The Morgan fingerprint density at radius 1 is 1.18 bits per heavy atom. The largest absolute Gasteiger partial charge is 0.482 e. The van der Waals surface area contributed by atoms with Crippen LogP contribution >= 0.6 is 23.8 Å². The van der Waals surface area contributed by atoms with Gasteiger partial charge in [0.15, 0.2) is 11.7 Å². The Balaban J connectivity index is 1.80. The molecule has 0 spiro atoms. The number of carbonyl (C=O) groups excluding carboxylic acids is 1. The zero-order chi connectivity index (χ0) is 15.9. The van der Waals surface area contributed by atoms with Crippen LogP contribution in [0.5, 0.6) is 5.75 Å². The fraction of sp³-hybridized carbons (Fsp3) is 0.125. The third-order valence-corrected chi connectivity index (χ3v) is 3.27. The minimum Gasteiger partial charge on any atom is -0.482 e. The summed E-state index contributed by atoms with van der Waals surface area (Å²) in [5.41, 5.74) is 1.96. The standard InChI is InChI=1S/C16H15ClN2O2S/c1-11-6-8-12(9-7-11)18-16(22)19-15(20)10-21-14-5-3-2-4-13(14)17/h2-9H,10H2,1H3,(H2,18,19,20,22). The molecule has 0 aliphatic carbocycles. The molecule has 2 aromatic rings. The summed E-state index contributed by atoms with van der Waals surface area (Å²) in [5.74, 6) is 0.0984. The summed E-state index contributed by atoms with van der Waals surface area (Å²) in [6.45, 7) is 1.83. The van der Waals surface area contributed by atoms with E-state index in [9.17, 15) is 4.79 Å². The number of aryl methyl sites for hydroxylation is 1. The number of thiocarbonyl (C=S) groups is 1. The number of amides is 1. The lowest BCUT2D eigenvalue weighted by Gasteiger charge is -2.11. The first-order valence-electron chi connectivity index (χ1n) is 6.59. The molecule has 0 saturated carbocycles. The summed E-state index contributed by atoms with van der Waals surface area (Å²) in [6.07, 6.45) is 0. The molecule has 1 amide bonds. The average molecular weight is 335 g/mol. The Bertz CT molecular complexity index is 674. The number of hydrogen-bond acceptors (Lipinski definition) is 3. The van der Waals surface area contributed by atoms with E-state index in [2.05, 4.69) is 10.6 Å². The molecule has 0 atom stereocenters. The number of rotatable bonds is 4. The van der Waals surface area contributed by atoms with Crippen molar-refractivity contribution in [3.8, 4) is 5.75 Å². The van der Waals surface area contributed by atoms with Crippen LogP contribution in [0.1, 0.15) is 5.56 Å². The molecule has 0 aromatic heterocycles. The number of anilines is 1. The van der Waals surface area contributed by atoms with Crippen molar-refractivity contribution in [3.63, 3.8) is 0 Å². The van der Waals surface area contributed by atoms with E-state index >= 15 is 0 Å². The Hall–Kier alpha value is -2.11. The molecule has 2 aromatic carbocycles. The van der Waals surface area contributed by atoms with E-state index in [1.54, 1.807) is 24.3 Å². The second kappa shape index (κ2) is 7.77. The summed E-state index contributed by atoms with van der Waals surface area (Å²) in [7, 11) is 0. The predicted molar refractivity (Wildman–Crippen MR) is 92.5 cm³/mol. The second-order valence-corrected chi connectivity index (χ2v) is 5.40. The van der Waals surface area contributed by atoms with Crippen molar-refractivity contribution < 1.29 is 9.53 Å². The monoisotopic (exact) mass is 334 g/mol. The summed E-state index contributed by atoms with van der Waals surface area (Å²) in [6, 6.07) is 14.6. The SMILES string of the molecule is Cc1ccc(NC(=S)NC(=O)COc2ccccc2Cl)cc1. The van der Waals surface area contributed by atoms with E-state index in [1.807, 2.05) is 31.2 Å². The molecule has 6 heteroatoms. The summed E-state index contributed by atoms with van der Waals surface area (Å²) in [5, 5.41) is 6.15. The van der Waals surface area contributed by atoms with Gasteiger partial charge in [-0.15, -0.1) is 0 Å². The molecule has 114 valence electrons. The third-order valence-electron chi connectivity index (χ3n) is 2.76. The molecule has 0 fully saturated rings. The van der Waals surface area contributed by atoms with Crippen LogP contribution in [-0.2, 0) is 4.79 Å². The van der Waals surface area contributed by atoms with Crippen LogP contribution in [0.15, 0.2) is 48.5 Å². The van der Waals surface area contributed by atoms with E-state index in [1.165, 1.54) is 0 Å². The number of ether oxygens (including phenoxy) is 1. The van der Waals surface area contributed by atoms with Gasteiger partial charge in [0.2, 0.25) is 0 Å². The number of nitrogens with one attached hydrogen (secondary N) is 2. The van der Waals surface area contributed by atoms with Gasteiger partial charge >= 0.3 is 0 Å². The number of benzene rings is 2. The highest BCUT2D eigenvalue weighted by Crippen LogP contribution is 2.22. The summed E-state index contributed by atoms with van der Waals surface area (Å²) < 4.78 is 5.33. The van der Waals surface area contributed by atoms with Crippen molar-refractivity contribution in [1.82, 2.24) is 5.32 Å². The van der Waals surface area contributed by atoms with Gasteiger partial charge in [-0.1, -0.05) is 41.4 Å². The predicted octanol–water partition coefficient (Wildman–Crippen LogP) is 3.54. The van der Waals surface area contributed by atoms with E-state index in [4.69, 9.17) is 28.6 Å². The van der Waals surface area contributed by atoms with Crippen molar-refractivity contribution in [2.24, 2.45) is 0 Å². The molecule has 0 heterocycles. The van der Waals surface area contributed by atoms with Crippen LogP contribution in [0, 0.1) is 6.92 Å². The first-order chi connectivity index (χ1) is 10.5. The minimum atomic E-state index is -0.357. The lowest BCUT2D eigenvalue weighted by atomic mass is 10.2. The maximum absolute atomic E-state index is 11.8. The van der Waals surface area contributed by atoms with Gasteiger partial charge in [-0.05, 0) is 43.4 Å². The van der Waals surface area contributed by atoms with Crippen molar-refractivity contribution in [2.75, 3.05) is 11.9 Å². The fourth-order valence-corrected chi connectivity index (χ4v) is 2.09. The molecule has 2 rings (SSSR count). The highest BCUT2D eigenvalue weighted by Gasteiger charge is 2.07. The van der Waals surface area contributed by atoms with Crippen LogP contribution in [0.25, 0.3) is 0 Å². The van der Waals surface area contributed by atoms with Crippen molar-refractivity contribution in [1.29, 1.82) is 0 Å². The van der Waals surface area contributed by atoms with Crippen LogP contribution in [0.4, 0.5) is 5.69 Å². The molecule has 0 bridgehead atoms. The maximum atomic E-state index is 11.8. The topological polar surface area (TPSA) is 50.4 Å². The van der Waals surface area contributed by atoms with E-state index in [0.29, 0.717) is 10.8 Å². The quantitative estimate of drug-likeness (QED) is 0.840. The third kappa shape index (κ3) is 5.02. The van der Waals surface area contributed by atoms with Crippen molar-refractivity contribution in [3.05, 3.63) is 59.1 Å². The molecule has 4 nitrogen and oxygen atoms in total. The summed E-state index contributed by atoms with van der Waals surface area (Å²) >= 11 is 11.0. The Kier molecular flexibility index (Phi) is 5.75. The Labute approximate surface area is 139 Å². The van der Waals surface area contributed by atoms with Crippen LogP contribution in [0.3, 0.4) is 0 Å². The first-order valence-corrected chi connectivity index (χ1v) is 7.38. The first kappa shape index (κ1) is 16.3. The Morgan fingerprint density at radius 2 is 1.86 bits per heavy atom. The molecular weight excluding hydrogens is 320 g/mol. The average Bonchev–Trinajstić information content (AvgIpc) is 2.49. The molecule has 0 radical (unpaired) electrons. The van der Waals surface area contributed by atoms with E-state index < -0.39 is 0 Å². The molecular formula is C16H15ClN2O2S. The van der Waals surface area contributed by atoms with E-state index in [-0.39, 0.29) is 17.6 Å². The highest BCUT2D eigenvalue weighted by molar-refractivity contribution is 7.80. The Morgan fingerprint density at radius 3 is 2.55 bits per heavy atom. The smallest absolute Gasteiger partial charge is 0.264 e. The summed E-state index contributed by atoms with van der Waals surface area (Å²) in [4.78, 5) is 11.8. The van der Waals surface area contributed by atoms with Gasteiger partial charge in [0, 0.05) is 5.69 Å². The molecule has 22 heavy (non-hydrogen) atoms. The number of carbonyl (C=O) groups is 1. The van der Waals surface area contributed by atoms with Gasteiger partial charge in [0.1, 0.15) is 5.75 Å². The van der Waals surface area contributed by atoms with E-state index in [0.717, 1.165) is 11.3 Å². The van der Waals surface area contributed by atoms with Crippen LogP contribution in [-0.4, -0.2) is 17.6 Å². The van der Waals surface area contributed by atoms with Crippen LogP contribution in [0.2, 0.25) is 5.02 Å². The normalized spacial score (nSPS) is 9.91. The zero-order valence-electron chi connectivity index (χ0n) is 11.9. The maximum Gasteiger partial charge on any atom is 0.264 e. The van der Waals surface area contributed by atoms with Gasteiger partial charge in [0.05, 0.1) is 5.02 Å². The lowest BCUT2D eigenvalue weighted by molar-refractivity contribution is -0.121. The molecule has 0 saturated heterocycles. The van der Waals surface area contributed by atoms with Gasteiger partial charge < -0.3 is 10.1 Å². The second-order valence-electron chi connectivity index (χ2n) is 4.59. The lowest BCUT2D eigenvalue weighted by Crippen LogP contribution is -2.37. The van der Waals surface area contributed by atoms with Crippen molar-refractivity contribution in [2.45, 2.75) is 6.92 Å². The van der Waals surface area contributed by atoms with Gasteiger partial charge in [0.25, 0.3) is 5.91 Å². The number of halogens is 1. The fourth-order valence-electron chi connectivity index (χ4n) is 1.67. The molecule has 0 aliphatic heterocycles. The minimum absolute atomic E-state index is 0.167. The van der Waals surface area contributed by atoms with Gasteiger partial charge in [-0.25, -0.2) is 0 Å². The zero-order valence-corrected chi connectivity index (χ0v) is 13.5.